The topological polar surface area (TPSA) is 279 Å². The Morgan fingerprint density at radius 1 is 0.949 bits per heavy atom. The smallest absolute Gasteiger partial charge is 0.408 e. The van der Waals surface area contributed by atoms with Gasteiger partial charge in [-0.05, 0) is 73.7 Å². The molecule has 1 unspecified atom stereocenters. The van der Waals surface area contributed by atoms with E-state index in [1.54, 1.807) is 30.3 Å². The van der Waals surface area contributed by atoms with Gasteiger partial charge in [-0.3, -0.25) is 19.6 Å². The Balaban J connectivity index is 1.15. The molecular formula is C41H48N10O8. The number of primary amides is 1. The third kappa shape index (κ3) is 12.7. The molecule has 18 heteroatoms. The molecule has 5 rings (SSSR count). The number of nitrogens with two attached hydrogens (primary N) is 2. The number of carbonyl (C=O) groups excluding carboxylic acids is 4. The average Bonchev–Trinajstić information content (AvgIpc) is 3.64. The lowest BCUT2D eigenvalue weighted by Crippen LogP contribution is -2.45. The van der Waals surface area contributed by atoms with Crippen molar-refractivity contribution in [3.05, 3.63) is 90.0 Å². The molecule has 5 amide bonds. The first kappa shape index (κ1) is 43.1. The summed E-state index contributed by atoms with van der Waals surface area (Å²) in [5.74, 6) is -1.09. The van der Waals surface area contributed by atoms with Crippen LogP contribution in [0.1, 0.15) is 50.2 Å². The van der Waals surface area contributed by atoms with Crippen molar-refractivity contribution in [3.8, 4) is 28.4 Å². The van der Waals surface area contributed by atoms with Gasteiger partial charge < -0.3 is 52.3 Å². The molecule has 0 fully saturated rings. The molecule has 0 aliphatic rings. The highest BCUT2D eigenvalue weighted by Crippen LogP contribution is 2.32. The fourth-order valence-corrected chi connectivity index (χ4v) is 5.95. The molecule has 310 valence electrons. The van der Waals surface area contributed by atoms with Gasteiger partial charge in [-0.1, -0.05) is 38.1 Å². The van der Waals surface area contributed by atoms with Crippen LogP contribution in [0.4, 0.5) is 15.3 Å². The molecule has 10 N–H and O–H groups in total. The number of rotatable bonds is 19. The number of aliphatic carboxylic acids is 1. The van der Waals surface area contributed by atoms with E-state index in [9.17, 15) is 29.1 Å². The van der Waals surface area contributed by atoms with Crippen LogP contribution in [-0.4, -0.2) is 80.2 Å². The maximum Gasteiger partial charge on any atom is 0.408 e. The summed E-state index contributed by atoms with van der Waals surface area (Å²) in [7, 11) is 0. The Morgan fingerprint density at radius 2 is 1.73 bits per heavy atom. The molecule has 3 heterocycles. The van der Waals surface area contributed by atoms with Gasteiger partial charge in [0.25, 0.3) is 0 Å². The number of carbonyl (C=O) groups is 5. The SMILES string of the molecule is Cc1cccc(-c2nc(CN)[nH]c2-c2ccc3ncc(OC[C@@H](NC(=O)OCc4ccc(NC(=O)C(CCCNC(N)=O)NC(=O)CC(C)C)cc4)C(=O)O)cc3c2)n1. The highest BCUT2D eigenvalue weighted by molar-refractivity contribution is 5.97. The number of anilines is 1. The fraction of sp³-hybridized carbons (Fsp3) is 0.317. The van der Waals surface area contributed by atoms with Gasteiger partial charge in [-0.25, -0.2) is 19.4 Å². The number of aromatic amines is 1. The van der Waals surface area contributed by atoms with Crippen LogP contribution in [0.2, 0.25) is 0 Å². The number of pyridine rings is 2. The normalized spacial score (nSPS) is 12.0. The van der Waals surface area contributed by atoms with Crippen molar-refractivity contribution in [2.75, 3.05) is 18.5 Å². The number of imidazole rings is 1. The third-order valence-corrected chi connectivity index (χ3v) is 8.83. The van der Waals surface area contributed by atoms with Crippen molar-refractivity contribution in [3.63, 3.8) is 0 Å². The monoisotopic (exact) mass is 808 g/mol. The molecular weight excluding hydrogens is 761 g/mol. The Hall–Kier alpha value is -7.08. The number of H-pyrrole nitrogens is 1. The van der Waals surface area contributed by atoms with E-state index in [0.717, 1.165) is 17.0 Å². The van der Waals surface area contributed by atoms with E-state index in [4.69, 9.17) is 20.9 Å². The first-order chi connectivity index (χ1) is 28.3. The zero-order valence-electron chi connectivity index (χ0n) is 32.9. The largest absolute Gasteiger partial charge is 0.489 e. The van der Waals surface area contributed by atoms with Crippen molar-refractivity contribution in [1.82, 2.24) is 35.9 Å². The van der Waals surface area contributed by atoms with E-state index in [-0.39, 0.29) is 50.1 Å². The minimum absolute atomic E-state index is 0.0941. The molecule has 59 heavy (non-hydrogen) atoms. The zero-order valence-corrected chi connectivity index (χ0v) is 32.9. The van der Waals surface area contributed by atoms with Crippen LogP contribution in [0.15, 0.2) is 72.9 Å². The number of aryl methyl sites for hydroxylation is 1. The number of aromatic nitrogens is 4. The summed E-state index contributed by atoms with van der Waals surface area (Å²) in [5, 5.41) is 20.8. The molecule has 0 aliphatic carbocycles. The summed E-state index contributed by atoms with van der Waals surface area (Å²) in [5.41, 5.74) is 16.4. The summed E-state index contributed by atoms with van der Waals surface area (Å²) in [6.45, 7) is 5.51. The number of benzene rings is 2. The van der Waals surface area contributed by atoms with Gasteiger partial charge >= 0.3 is 18.1 Å². The number of carboxylic acids is 1. The van der Waals surface area contributed by atoms with E-state index >= 15 is 0 Å². The molecule has 3 aromatic heterocycles. The lowest BCUT2D eigenvalue weighted by molar-refractivity contribution is -0.140. The molecule has 0 aliphatic heterocycles. The van der Waals surface area contributed by atoms with Gasteiger partial charge in [0, 0.05) is 35.3 Å². The van der Waals surface area contributed by atoms with Gasteiger partial charge in [0.1, 0.15) is 36.5 Å². The summed E-state index contributed by atoms with van der Waals surface area (Å²) < 4.78 is 11.0. The van der Waals surface area contributed by atoms with Gasteiger partial charge in [0.05, 0.1) is 29.6 Å². The molecule has 5 aromatic rings. The highest BCUT2D eigenvalue weighted by atomic mass is 16.5. The van der Waals surface area contributed by atoms with E-state index in [1.165, 1.54) is 6.20 Å². The van der Waals surface area contributed by atoms with Gasteiger partial charge in [-0.15, -0.1) is 0 Å². The minimum atomic E-state index is -1.45. The number of ether oxygens (including phenoxy) is 2. The number of hydrogen-bond donors (Lipinski definition) is 8. The molecule has 0 spiro atoms. The molecule has 0 bridgehead atoms. The number of amides is 5. The third-order valence-electron chi connectivity index (χ3n) is 8.83. The van der Waals surface area contributed by atoms with Crippen molar-refractivity contribution in [2.45, 2.75) is 65.3 Å². The molecule has 2 atom stereocenters. The molecule has 0 saturated carbocycles. The Bertz CT molecular complexity index is 2280. The second-order valence-corrected chi connectivity index (χ2v) is 14.1. The summed E-state index contributed by atoms with van der Waals surface area (Å²) in [6, 6.07) is 16.5. The van der Waals surface area contributed by atoms with Crippen LogP contribution < -0.4 is 37.5 Å². The van der Waals surface area contributed by atoms with E-state index in [1.807, 2.05) is 57.2 Å². The number of nitrogens with one attached hydrogen (secondary N) is 5. The number of urea groups is 1. The predicted molar refractivity (Wildman–Crippen MR) is 219 cm³/mol. The number of nitrogens with zero attached hydrogens (tertiary/aromatic N) is 3. The number of hydrogen-bond acceptors (Lipinski definition) is 11. The molecule has 0 saturated heterocycles. The molecule has 2 aromatic carbocycles. The standard InChI is InChI=1S/C41H48N10O8/c1-23(2)16-35(52)48-32(8-5-15-44-40(43)56)38(53)47-28-12-9-25(10-13-28)21-59-41(57)49-33(39(54)55)22-58-29-18-27-17-26(11-14-30(27)45-20-29)36-37(51-34(19-42)50-36)31-7-4-6-24(3)46-31/h4,6-7,9-14,17-18,20,23,32-33H,5,8,15-16,19,21-22,42H2,1-3H3,(H,47,53)(H,48,52)(H,49,57)(H,50,51)(H,54,55)(H3,43,44,56)/t32?,33-/m1/s1. The van der Waals surface area contributed by atoms with Crippen LogP contribution in [0.3, 0.4) is 0 Å². The first-order valence-corrected chi connectivity index (χ1v) is 18.9. The predicted octanol–water partition coefficient (Wildman–Crippen LogP) is 4.13. The highest BCUT2D eigenvalue weighted by Gasteiger charge is 2.23. The zero-order chi connectivity index (χ0) is 42.5. The number of carboxylic acid groups (broad SMARTS) is 1. The summed E-state index contributed by atoms with van der Waals surface area (Å²) in [6.07, 6.45) is 1.38. The van der Waals surface area contributed by atoms with Crippen LogP contribution in [0, 0.1) is 12.8 Å². The van der Waals surface area contributed by atoms with Crippen LogP contribution in [0.5, 0.6) is 5.75 Å². The minimum Gasteiger partial charge on any atom is -0.489 e. The first-order valence-electron chi connectivity index (χ1n) is 18.9. The van der Waals surface area contributed by atoms with Crippen LogP contribution >= 0.6 is 0 Å². The molecule has 18 nitrogen and oxygen atoms in total. The van der Waals surface area contributed by atoms with Gasteiger partial charge in [0.15, 0.2) is 6.04 Å². The van der Waals surface area contributed by atoms with Gasteiger partial charge in [-0.2, -0.15) is 0 Å². The maximum atomic E-state index is 13.1. The fourth-order valence-electron chi connectivity index (χ4n) is 5.95. The lowest BCUT2D eigenvalue weighted by Gasteiger charge is -2.19. The van der Waals surface area contributed by atoms with Crippen molar-refractivity contribution < 1.29 is 38.6 Å². The van der Waals surface area contributed by atoms with Crippen molar-refractivity contribution in [2.24, 2.45) is 17.4 Å². The second kappa shape index (κ2) is 20.4. The van der Waals surface area contributed by atoms with Crippen LogP contribution in [0.25, 0.3) is 33.5 Å². The Morgan fingerprint density at radius 3 is 2.42 bits per heavy atom. The van der Waals surface area contributed by atoms with E-state index in [0.29, 0.717) is 45.8 Å². The van der Waals surface area contributed by atoms with E-state index < -0.39 is 42.7 Å². The van der Waals surface area contributed by atoms with E-state index in [2.05, 4.69) is 41.2 Å². The van der Waals surface area contributed by atoms with Crippen molar-refractivity contribution >= 4 is 46.5 Å². The van der Waals surface area contributed by atoms with Crippen molar-refractivity contribution in [1.29, 1.82) is 0 Å². The lowest BCUT2D eigenvalue weighted by atomic mass is 10.1. The average molecular weight is 809 g/mol. The quantitative estimate of drug-likeness (QED) is 0.0547. The summed E-state index contributed by atoms with van der Waals surface area (Å²) >= 11 is 0. The second-order valence-electron chi connectivity index (χ2n) is 14.1. The summed E-state index contributed by atoms with van der Waals surface area (Å²) in [4.78, 5) is 78.2. The van der Waals surface area contributed by atoms with Crippen LogP contribution in [-0.2, 0) is 32.3 Å². The Labute approximate surface area is 339 Å². The number of fused-ring (bicyclic) bond motifs is 1. The van der Waals surface area contributed by atoms with Gasteiger partial charge in [0.2, 0.25) is 11.8 Å². The maximum absolute atomic E-state index is 13.1. The molecule has 0 radical (unpaired) electrons. The number of alkyl carbamates (subject to hydrolysis) is 1. The Kier molecular flexibility index (Phi) is 14.9.